The summed E-state index contributed by atoms with van der Waals surface area (Å²) < 4.78 is 97.3. The van der Waals surface area contributed by atoms with Crippen LogP contribution in [0.1, 0.15) is 53.2 Å². The molecule has 2 aromatic carbocycles. The van der Waals surface area contributed by atoms with Crippen molar-refractivity contribution < 1.29 is 40.3 Å². The summed E-state index contributed by atoms with van der Waals surface area (Å²) in [5.74, 6) is -6.80. The predicted molar refractivity (Wildman–Crippen MR) is 128 cm³/mol. The summed E-state index contributed by atoms with van der Waals surface area (Å²) in [5.41, 5.74) is -3.84. The molecule has 1 amide bonds. The summed E-state index contributed by atoms with van der Waals surface area (Å²) in [4.78, 5) is 24.4. The summed E-state index contributed by atoms with van der Waals surface area (Å²) >= 11 is 17.3. The first-order valence-corrected chi connectivity index (χ1v) is 11.7. The second-order valence-electron chi connectivity index (χ2n) is 8.01. The van der Waals surface area contributed by atoms with Gasteiger partial charge in [0.1, 0.15) is 11.7 Å². The van der Waals surface area contributed by atoms with Crippen molar-refractivity contribution in [3.63, 3.8) is 0 Å². The normalized spacial score (nSPS) is 14.3. The molecular formula is C24H19Cl3F7NO2. The second kappa shape index (κ2) is 12.0. The number of nitrogens with one attached hydrogen (secondary N) is 1. The number of benzene rings is 2. The molecule has 3 nitrogen and oxygen atoms in total. The highest BCUT2D eigenvalue weighted by Gasteiger charge is 2.41. The molecule has 0 radical (unpaired) electrons. The van der Waals surface area contributed by atoms with Crippen molar-refractivity contribution in [3.8, 4) is 0 Å². The molecule has 0 saturated heterocycles. The lowest BCUT2D eigenvalue weighted by atomic mass is 9.92. The van der Waals surface area contributed by atoms with Gasteiger partial charge in [0.15, 0.2) is 5.78 Å². The lowest BCUT2D eigenvalue weighted by Crippen LogP contribution is -2.30. The standard InChI is InChI=1S/C24H19Cl3F7NO2/c1-3-35-22(37)11(2)6-20(36)14-5-4-12(7-16(14)24(32,33)34)19(28)10-15(23(29,30)31)13-8-17(25)21(27)18(26)9-13/h4-5,7-11,15H,3,6H2,1-2H3,(H,35,37)/b19-10-/t11-,15?/m0/s1. The zero-order chi connectivity index (χ0) is 28.3. The van der Waals surface area contributed by atoms with Gasteiger partial charge in [0.05, 0.1) is 20.6 Å². The Hall–Kier alpha value is -2.30. The fraction of sp³-hybridized carbons (Fsp3) is 0.333. The number of carbonyl (C=O) groups excluding carboxylic acids is 2. The lowest BCUT2D eigenvalue weighted by molar-refractivity contribution is -0.140. The van der Waals surface area contributed by atoms with Crippen molar-refractivity contribution in [1.82, 2.24) is 5.32 Å². The summed E-state index contributed by atoms with van der Waals surface area (Å²) in [7, 11) is 0. The Kier molecular flexibility index (Phi) is 10.1. The number of hydrogen-bond donors (Lipinski definition) is 1. The number of halogens is 10. The molecule has 0 spiro atoms. The average molecular weight is 593 g/mol. The third-order valence-electron chi connectivity index (χ3n) is 5.22. The molecular weight excluding hydrogens is 574 g/mol. The molecule has 0 aliphatic heterocycles. The minimum Gasteiger partial charge on any atom is -0.356 e. The molecule has 0 heterocycles. The van der Waals surface area contributed by atoms with E-state index in [0.29, 0.717) is 6.07 Å². The highest BCUT2D eigenvalue weighted by molar-refractivity contribution is 6.48. The quantitative estimate of drug-likeness (QED) is 0.189. The molecule has 0 bridgehead atoms. The fourth-order valence-electron chi connectivity index (χ4n) is 3.38. The number of alkyl halides is 6. The number of amides is 1. The maximum absolute atomic E-state index is 14.9. The molecule has 0 fully saturated rings. The summed E-state index contributed by atoms with van der Waals surface area (Å²) in [6, 6.07) is 3.29. The summed E-state index contributed by atoms with van der Waals surface area (Å²) in [6.07, 6.45) is -10.7. The van der Waals surface area contributed by atoms with Crippen LogP contribution in [0, 0.1) is 5.92 Å². The third-order valence-corrected chi connectivity index (χ3v) is 6.42. The Morgan fingerprint density at radius 3 is 2.05 bits per heavy atom. The molecule has 0 saturated carbocycles. The number of allylic oxidation sites excluding steroid dienone is 1. The molecule has 0 aliphatic rings. The van der Waals surface area contributed by atoms with Gasteiger partial charge in [-0.1, -0.05) is 53.9 Å². The van der Waals surface area contributed by atoms with Crippen LogP contribution >= 0.6 is 34.8 Å². The van der Waals surface area contributed by atoms with Crippen LogP contribution in [0.15, 0.2) is 36.4 Å². The molecule has 37 heavy (non-hydrogen) atoms. The Balaban J connectivity index is 2.53. The van der Waals surface area contributed by atoms with E-state index in [2.05, 4.69) is 5.32 Å². The van der Waals surface area contributed by atoms with E-state index < -0.39 is 70.4 Å². The van der Waals surface area contributed by atoms with Crippen molar-refractivity contribution in [2.24, 2.45) is 5.92 Å². The smallest absolute Gasteiger partial charge is 0.356 e. The van der Waals surface area contributed by atoms with Crippen LogP contribution in [-0.4, -0.2) is 24.4 Å². The highest BCUT2D eigenvalue weighted by atomic mass is 35.5. The SMILES string of the molecule is CCNC(=O)[C@@H](C)CC(=O)c1ccc(/C(F)=C/C(c2cc(Cl)c(Cl)c(Cl)c2)C(F)(F)F)cc1C(F)(F)F. The largest absolute Gasteiger partial charge is 0.417 e. The van der Waals surface area contributed by atoms with E-state index in [1.807, 2.05) is 0 Å². The molecule has 2 aromatic rings. The minimum absolute atomic E-state index is 0.0734. The van der Waals surface area contributed by atoms with Gasteiger partial charge in [0.2, 0.25) is 5.91 Å². The van der Waals surface area contributed by atoms with Crippen molar-refractivity contribution in [2.45, 2.75) is 38.5 Å². The number of ketones is 1. The van der Waals surface area contributed by atoms with Gasteiger partial charge < -0.3 is 5.32 Å². The molecule has 202 valence electrons. The highest BCUT2D eigenvalue weighted by Crippen LogP contribution is 2.43. The van der Waals surface area contributed by atoms with E-state index in [0.717, 1.165) is 18.2 Å². The van der Waals surface area contributed by atoms with E-state index in [1.165, 1.54) is 6.92 Å². The number of rotatable bonds is 8. The van der Waals surface area contributed by atoms with E-state index in [-0.39, 0.29) is 33.8 Å². The zero-order valence-corrected chi connectivity index (χ0v) is 21.4. The lowest BCUT2D eigenvalue weighted by Gasteiger charge is -2.19. The first-order valence-electron chi connectivity index (χ1n) is 10.6. The summed E-state index contributed by atoms with van der Waals surface area (Å²) in [6.45, 7) is 3.22. The van der Waals surface area contributed by atoms with Crippen molar-refractivity contribution in [1.29, 1.82) is 0 Å². The number of Topliss-reactive ketones (excluding diaryl/α,β-unsaturated/α-hetero) is 1. The van der Waals surface area contributed by atoms with Crippen molar-refractivity contribution in [2.75, 3.05) is 6.54 Å². The second-order valence-corrected chi connectivity index (χ2v) is 9.21. The molecule has 0 aromatic heterocycles. The fourth-order valence-corrected chi connectivity index (χ4v) is 3.99. The Labute approximate surface area is 222 Å². The minimum atomic E-state index is -5.14. The Morgan fingerprint density at radius 1 is 1.00 bits per heavy atom. The van der Waals surface area contributed by atoms with Gasteiger partial charge >= 0.3 is 12.4 Å². The van der Waals surface area contributed by atoms with Crippen LogP contribution in [0.25, 0.3) is 5.83 Å². The first-order chi connectivity index (χ1) is 17.0. The molecule has 2 atom stereocenters. The van der Waals surface area contributed by atoms with Crippen LogP contribution in [0.3, 0.4) is 0 Å². The maximum atomic E-state index is 14.9. The topological polar surface area (TPSA) is 46.2 Å². The van der Waals surface area contributed by atoms with Crippen LogP contribution in [0.2, 0.25) is 15.1 Å². The first kappa shape index (κ1) is 30.9. The monoisotopic (exact) mass is 591 g/mol. The average Bonchev–Trinajstić information content (AvgIpc) is 2.78. The van der Waals surface area contributed by atoms with E-state index >= 15 is 0 Å². The van der Waals surface area contributed by atoms with Crippen LogP contribution in [0.4, 0.5) is 30.7 Å². The molecule has 13 heteroatoms. The molecule has 1 N–H and O–H groups in total. The van der Waals surface area contributed by atoms with Crippen LogP contribution < -0.4 is 5.32 Å². The Morgan fingerprint density at radius 2 is 1.57 bits per heavy atom. The van der Waals surface area contributed by atoms with Crippen molar-refractivity contribution in [3.05, 3.63) is 73.7 Å². The molecule has 0 aliphatic carbocycles. The molecule has 2 rings (SSSR count). The number of carbonyl (C=O) groups is 2. The van der Waals surface area contributed by atoms with Crippen LogP contribution in [0.5, 0.6) is 0 Å². The van der Waals surface area contributed by atoms with E-state index in [9.17, 15) is 40.3 Å². The van der Waals surface area contributed by atoms with E-state index in [1.54, 1.807) is 6.92 Å². The number of hydrogen-bond acceptors (Lipinski definition) is 2. The van der Waals surface area contributed by atoms with Gasteiger partial charge in [-0.2, -0.15) is 26.3 Å². The third kappa shape index (κ3) is 7.85. The molecule has 1 unspecified atom stereocenters. The van der Waals surface area contributed by atoms with Gasteiger partial charge in [0.25, 0.3) is 0 Å². The predicted octanol–water partition coefficient (Wildman–Crippen LogP) is 8.67. The zero-order valence-electron chi connectivity index (χ0n) is 19.1. The van der Waals surface area contributed by atoms with E-state index in [4.69, 9.17) is 34.8 Å². The maximum Gasteiger partial charge on any atom is 0.417 e. The summed E-state index contributed by atoms with van der Waals surface area (Å²) in [5, 5.41) is 1.54. The van der Waals surface area contributed by atoms with Gasteiger partial charge in [-0.05, 0) is 36.8 Å². The Bertz CT molecular complexity index is 1190. The van der Waals surface area contributed by atoms with Gasteiger partial charge in [-0.3, -0.25) is 9.59 Å². The van der Waals surface area contributed by atoms with Gasteiger partial charge in [-0.25, -0.2) is 4.39 Å². The van der Waals surface area contributed by atoms with Gasteiger partial charge in [-0.15, -0.1) is 0 Å². The van der Waals surface area contributed by atoms with Crippen LogP contribution in [-0.2, 0) is 11.0 Å². The van der Waals surface area contributed by atoms with Crippen molar-refractivity contribution >= 4 is 52.3 Å². The van der Waals surface area contributed by atoms with Gasteiger partial charge in [0, 0.05) is 30.0 Å².